The number of nitrogens with zero attached hydrogens (tertiary/aromatic N) is 1. The number of carbonyl (C=O) groups is 1. The van der Waals surface area contributed by atoms with E-state index < -0.39 is 10.9 Å². The normalized spacial score (nSPS) is 10.9. The number of benzene rings is 2. The molecule has 6 heteroatoms. The van der Waals surface area contributed by atoms with E-state index in [9.17, 15) is 14.9 Å². The van der Waals surface area contributed by atoms with E-state index in [0.717, 1.165) is 0 Å². The van der Waals surface area contributed by atoms with Crippen molar-refractivity contribution in [3.63, 3.8) is 0 Å². The predicted octanol–water partition coefficient (Wildman–Crippen LogP) is 3.19. The fourth-order valence-electron chi connectivity index (χ4n) is 1.70. The lowest BCUT2D eigenvalue weighted by Crippen LogP contribution is -2.02. The Morgan fingerprint density at radius 1 is 1.09 bits per heavy atom. The van der Waals surface area contributed by atoms with Gasteiger partial charge >= 0.3 is 5.97 Å². The van der Waals surface area contributed by atoms with Crippen molar-refractivity contribution < 1.29 is 19.2 Å². The number of esters is 1. The fraction of sp³-hybridized carbons (Fsp3) is 0.0625. The number of hydrogen-bond donors (Lipinski definition) is 0. The van der Waals surface area contributed by atoms with Gasteiger partial charge in [0, 0.05) is 17.7 Å². The van der Waals surface area contributed by atoms with Gasteiger partial charge in [0.2, 0.25) is 0 Å². The van der Waals surface area contributed by atoms with Crippen molar-refractivity contribution in [3.8, 4) is 5.75 Å². The van der Waals surface area contributed by atoms with Crippen molar-refractivity contribution in [1.82, 2.24) is 0 Å². The molecule has 2 aromatic carbocycles. The highest BCUT2D eigenvalue weighted by Gasteiger charge is 2.11. The van der Waals surface area contributed by atoms with Crippen LogP contribution in [0, 0.1) is 10.1 Å². The van der Waals surface area contributed by atoms with Gasteiger partial charge in [-0.25, -0.2) is 4.79 Å². The van der Waals surface area contributed by atoms with Crippen molar-refractivity contribution >= 4 is 17.4 Å². The lowest BCUT2D eigenvalue weighted by atomic mass is 10.1. The monoisotopic (exact) mass is 299 g/mol. The third-order valence-electron chi connectivity index (χ3n) is 2.78. The molecule has 22 heavy (non-hydrogen) atoms. The summed E-state index contributed by atoms with van der Waals surface area (Å²) in [7, 11) is 1.26. The third-order valence-corrected chi connectivity index (χ3v) is 2.78. The minimum Gasteiger partial charge on any atom is -0.466 e. The number of nitro groups is 1. The zero-order valence-corrected chi connectivity index (χ0v) is 11.8. The molecule has 0 atom stereocenters. The Hall–Kier alpha value is -3.15. The van der Waals surface area contributed by atoms with E-state index in [1.54, 1.807) is 24.3 Å². The number of non-ortho nitro benzene ring substituents is 1. The molecule has 0 aliphatic rings. The molecule has 112 valence electrons. The molecule has 0 aliphatic heterocycles. The van der Waals surface area contributed by atoms with E-state index in [0.29, 0.717) is 11.3 Å². The summed E-state index contributed by atoms with van der Waals surface area (Å²) in [6, 6.07) is 14.6. The molecular formula is C16H13NO5. The fourth-order valence-corrected chi connectivity index (χ4v) is 1.70. The van der Waals surface area contributed by atoms with Crippen LogP contribution in [-0.2, 0) is 9.53 Å². The van der Waals surface area contributed by atoms with Crippen molar-refractivity contribution in [2.24, 2.45) is 0 Å². The summed E-state index contributed by atoms with van der Waals surface area (Å²) in [4.78, 5) is 21.7. The molecule has 0 bridgehead atoms. The molecule has 0 amide bonds. The summed E-state index contributed by atoms with van der Waals surface area (Å²) in [5, 5.41) is 10.7. The summed E-state index contributed by atoms with van der Waals surface area (Å²) >= 11 is 0. The van der Waals surface area contributed by atoms with Crippen molar-refractivity contribution in [1.29, 1.82) is 0 Å². The third kappa shape index (κ3) is 3.92. The lowest BCUT2D eigenvalue weighted by Gasteiger charge is -2.10. The van der Waals surface area contributed by atoms with Gasteiger partial charge in [-0.1, -0.05) is 18.2 Å². The molecule has 0 aliphatic carbocycles. The standard InChI is InChI=1S/C16H13NO5/c1-21-16(18)11-15(22-14-5-3-2-4-6-14)12-7-9-13(10-8-12)17(19)20/h2-11H,1H3/b15-11-. The van der Waals surface area contributed by atoms with Crippen molar-refractivity contribution in [3.05, 3.63) is 76.4 Å². The number of rotatable bonds is 5. The summed E-state index contributed by atoms with van der Waals surface area (Å²) < 4.78 is 10.3. The summed E-state index contributed by atoms with van der Waals surface area (Å²) in [6.45, 7) is 0. The van der Waals surface area contributed by atoms with Crippen LogP contribution in [0.5, 0.6) is 5.75 Å². The first kappa shape index (κ1) is 15.2. The second-order valence-corrected chi connectivity index (χ2v) is 4.25. The molecule has 0 N–H and O–H groups in total. The Labute approximate surface area is 126 Å². The molecule has 0 unspecified atom stereocenters. The minimum atomic E-state index is -0.579. The maximum atomic E-state index is 11.5. The van der Waals surface area contributed by atoms with Gasteiger partial charge in [-0.05, 0) is 24.3 Å². The van der Waals surface area contributed by atoms with Crippen LogP contribution in [0.25, 0.3) is 5.76 Å². The summed E-state index contributed by atoms with van der Waals surface area (Å²) in [6.07, 6.45) is 1.19. The van der Waals surface area contributed by atoms with Gasteiger partial charge in [0.05, 0.1) is 18.1 Å². The van der Waals surface area contributed by atoms with Crippen LogP contribution in [0.15, 0.2) is 60.7 Å². The number of hydrogen-bond acceptors (Lipinski definition) is 5. The summed E-state index contributed by atoms with van der Waals surface area (Å²) in [5.41, 5.74) is 0.487. The first-order valence-corrected chi connectivity index (χ1v) is 6.37. The second kappa shape index (κ2) is 7.03. The predicted molar refractivity (Wildman–Crippen MR) is 80.2 cm³/mol. The molecule has 0 saturated carbocycles. The molecular weight excluding hydrogens is 286 g/mol. The van der Waals surface area contributed by atoms with E-state index in [1.165, 1.54) is 37.5 Å². The molecule has 0 heterocycles. The van der Waals surface area contributed by atoms with E-state index in [2.05, 4.69) is 4.74 Å². The highest BCUT2D eigenvalue weighted by Crippen LogP contribution is 2.23. The van der Waals surface area contributed by atoms with Gasteiger partial charge in [0.1, 0.15) is 11.5 Å². The minimum absolute atomic E-state index is 0.0409. The average molecular weight is 299 g/mol. The Kier molecular flexibility index (Phi) is 4.87. The first-order chi connectivity index (χ1) is 10.6. The van der Waals surface area contributed by atoms with Crippen LogP contribution in [0.2, 0.25) is 0 Å². The average Bonchev–Trinajstić information content (AvgIpc) is 2.55. The lowest BCUT2D eigenvalue weighted by molar-refractivity contribution is -0.384. The van der Waals surface area contributed by atoms with E-state index in [-0.39, 0.29) is 11.4 Å². The van der Waals surface area contributed by atoms with Gasteiger partial charge in [-0.15, -0.1) is 0 Å². The van der Waals surface area contributed by atoms with Crippen LogP contribution in [0.1, 0.15) is 5.56 Å². The van der Waals surface area contributed by atoms with E-state index in [1.807, 2.05) is 6.07 Å². The van der Waals surface area contributed by atoms with Crippen LogP contribution >= 0.6 is 0 Å². The SMILES string of the molecule is COC(=O)/C=C(\Oc1ccccc1)c1ccc([N+](=O)[O-])cc1. The topological polar surface area (TPSA) is 78.7 Å². The largest absolute Gasteiger partial charge is 0.466 e. The van der Waals surface area contributed by atoms with Crippen molar-refractivity contribution in [2.45, 2.75) is 0 Å². The number of ether oxygens (including phenoxy) is 2. The molecule has 2 aromatic rings. The summed E-state index contributed by atoms with van der Waals surface area (Å²) in [5.74, 6) is 0.202. The maximum Gasteiger partial charge on any atom is 0.334 e. The molecule has 6 nitrogen and oxygen atoms in total. The molecule has 0 radical (unpaired) electrons. The molecule has 0 fully saturated rings. The molecule has 0 spiro atoms. The van der Waals surface area contributed by atoms with E-state index in [4.69, 9.17) is 4.74 Å². The zero-order chi connectivity index (χ0) is 15.9. The molecule has 0 aromatic heterocycles. The van der Waals surface area contributed by atoms with E-state index >= 15 is 0 Å². The Bertz CT molecular complexity index is 692. The van der Waals surface area contributed by atoms with Crippen LogP contribution < -0.4 is 4.74 Å². The van der Waals surface area contributed by atoms with Crippen LogP contribution in [-0.4, -0.2) is 18.0 Å². The molecule has 2 rings (SSSR count). The van der Waals surface area contributed by atoms with Gasteiger partial charge < -0.3 is 9.47 Å². The number of para-hydroxylation sites is 1. The van der Waals surface area contributed by atoms with Crippen LogP contribution in [0.4, 0.5) is 5.69 Å². The Morgan fingerprint density at radius 2 is 1.73 bits per heavy atom. The number of methoxy groups -OCH3 is 1. The van der Waals surface area contributed by atoms with Crippen LogP contribution in [0.3, 0.4) is 0 Å². The van der Waals surface area contributed by atoms with Crippen molar-refractivity contribution in [2.75, 3.05) is 7.11 Å². The second-order valence-electron chi connectivity index (χ2n) is 4.25. The molecule has 0 saturated heterocycles. The highest BCUT2D eigenvalue weighted by molar-refractivity contribution is 5.90. The van der Waals surface area contributed by atoms with Gasteiger partial charge in [-0.3, -0.25) is 10.1 Å². The highest BCUT2D eigenvalue weighted by atomic mass is 16.6. The quantitative estimate of drug-likeness (QED) is 0.278. The smallest absolute Gasteiger partial charge is 0.334 e. The zero-order valence-electron chi connectivity index (χ0n) is 11.8. The first-order valence-electron chi connectivity index (χ1n) is 6.37. The Balaban J connectivity index is 2.34. The van der Waals surface area contributed by atoms with Gasteiger partial charge in [-0.2, -0.15) is 0 Å². The number of nitro benzene ring substituents is 1. The Morgan fingerprint density at radius 3 is 2.27 bits per heavy atom. The number of carbonyl (C=O) groups excluding carboxylic acids is 1. The maximum absolute atomic E-state index is 11.5. The van der Waals surface area contributed by atoms with Gasteiger partial charge in [0.25, 0.3) is 5.69 Å². The van der Waals surface area contributed by atoms with Gasteiger partial charge in [0.15, 0.2) is 0 Å².